The number of anilines is 3. The minimum absolute atomic E-state index is 0.0191. The Balaban J connectivity index is 1.74. The second-order valence-electron chi connectivity index (χ2n) is 7.44. The predicted molar refractivity (Wildman–Crippen MR) is 103 cm³/mol. The van der Waals surface area contributed by atoms with Gasteiger partial charge in [0.05, 0.1) is 17.4 Å². The van der Waals surface area contributed by atoms with Crippen molar-refractivity contribution >= 4 is 29.3 Å². The Morgan fingerprint density at radius 2 is 2.24 bits per heavy atom. The molecule has 11 nitrogen and oxygen atoms in total. The van der Waals surface area contributed by atoms with Crippen molar-refractivity contribution < 1.29 is 14.7 Å². The third kappa shape index (κ3) is 4.17. The fourth-order valence-corrected chi connectivity index (χ4v) is 2.86. The summed E-state index contributed by atoms with van der Waals surface area (Å²) < 4.78 is 1.71. The van der Waals surface area contributed by atoms with E-state index >= 15 is 0 Å². The highest BCUT2D eigenvalue weighted by atomic mass is 16.3. The van der Waals surface area contributed by atoms with Gasteiger partial charge in [0, 0.05) is 38.8 Å². The second-order valence-corrected chi connectivity index (χ2v) is 7.44. The van der Waals surface area contributed by atoms with Crippen LogP contribution in [0.2, 0.25) is 0 Å². The molecule has 2 aromatic rings. The van der Waals surface area contributed by atoms with E-state index in [0.29, 0.717) is 12.2 Å². The van der Waals surface area contributed by atoms with Gasteiger partial charge in [0.25, 0.3) is 5.91 Å². The monoisotopic (exact) mass is 398 g/mol. The third-order valence-corrected chi connectivity index (χ3v) is 4.63. The van der Waals surface area contributed by atoms with Crippen LogP contribution in [0.25, 0.3) is 0 Å². The number of nitriles is 1. The maximum absolute atomic E-state index is 12.3. The molecule has 3 N–H and O–H groups in total. The van der Waals surface area contributed by atoms with Crippen molar-refractivity contribution in [2.75, 3.05) is 23.3 Å². The molecule has 2 aromatic heterocycles. The van der Waals surface area contributed by atoms with Gasteiger partial charge in [0.1, 0.15) is 11.9 Å². The molecule has 0 saturated carbocycles. The molecule has 0 aliphatic carbocycles. The Labute approximate surface area is 167 Å². The van der Waals surface area contributed by atoms with Gasteiger partial charge >= 0.3 is 0 Å². The van der Waals surface area contributed by atoms with Gasteiger partial charge in [-0.3, -0.25) is 19.2 Å². The highest BCUT2D eigenvalue weighted by Gasteiger charge is 2.46. The lowest BCUT2D eigenvalue weighted by Gasteiger charge is -2.25. The molecule has 0 spiro atoms. The third-order valence-electron chi connectivity index (χ3n) is 4.63. The summed E-state index contributed by atoms with van der Waals surface area (Å²) in [5, 5.41) is 29.1. The van der Waals surface area contributed by atoms with Crippen molar-refractivity contribution in [1.82, 2.24) is 25.1 Å². The standard InChI is InChI=1S/C18H22N8O3/c1-12(27)21-11-17(2,3)26-9-13(8-22-26)23-16-20-6-4-14(24-16)25-7-5-18(29,10-19)15(25)28/h4,6,8-9,29H,5,7,11H2,1-3H3,(H,21,27)(H,20,23,24)/t18-/m0/s1. The van der Waals surface area contributed by atoms with Crippen molar-refractivity contribution in [3.8, 4) is 6.07 Å². The average Bonchev–Trinajstić information content (AvgIpc) is 3.27. The van der Waals surface area contributed by atoms with Gasteiger partial charge in [-0.25, -0.2) is 4.98 Å². The van der Waals surface area contributed by atoms with Crippen LogP contribution in [0.4, 0.5) is 17.5 Å². The Bertz CT molecular complexity index is 979. The number of aliphatic hydroxyl groups is 1. The van der Waals surface area contributed by atoms with E-state index in [1.807, 2.05) is 13.8 Å². The van der Waals surface area contributed by atoms with Crippen LogP contribution in [0.3, 0.4) is 0 Å². The van der Waals surface area contributed by atoms with E-state index in [9.17, 15) is 14.7 Å². The zero-order valence-electron chi connectivity index (χ0n) is 16.4. The van der Waals surface area contributed by atoms with Crippen LogP contribution in [-0.2, 0) is 15.1 Å². The summed E-state index contributed by atoms with van der Waals surface area (Å²) in [7, 11) is 0. The number of aromatic nitrogens is 4. The number of nitrogens with one attached hydrogen (secondary N) is 2. The van der Waals surface area contributed by atoms with Crippen LogP contribution >= 0.6 is 0 Å². The lowest BCUT2D eigenvalue weighted by atomic mass is 10.1. The van der Waals surface area contributed by atoms with Gasteiger partial charge in [-0.1, -0.05) is 0 Å². The number of carbonyl (C=O) groups is 2. The zero-order valence-corrected chi connectivity index (χ0v) is 16.4. The molecular formula is C18H22N8O3. The van der Waals surface area contributed by atoms with Gasteiger partial charge in [-0.2, -0.15) is 15.3 Å². The molecule has 2 amide bonds. The molecule has 0 radical (unpaired) electrons. The summed E-state index contributed by atoms with van der Waals surface area (Å²) in [5.74, 6) is -0.287. The molecule has 1 fully saturated rings. The van der Waals surface area contributed by atoms with Gasteiger partial charge in [0.15, 0.2) is 0 Å². The first kappa shape index (κ1) is 20.2. The minimum atomic E-state index is -2.01. The van der Waals surface area contributed by atoms with Crippen molar-refractivity contribution in [2.24, 2.45) is 0 Å². The molecule has 1 aliphatic rings. The van der Waals surface area contributed by atoms with Crippen molar-refractivity contribution in [2.45, 2.75) is 38.3 Å². The zero-order chi connectivity index (χ0) is 21.2. The van der Waals surface area contributed by atoms with E-state index in [4.69, 9.17) is 5.26 Å². The summed E-state index contributed by atoms with van der Waals surface area (Å²) in [5.41, 5.74) is -1.84. The summed E-state index contributed by atoms with van der Waals surface area (Å²) in [6.07, 6.45) is 4.85. The number of hydrogen-bond donors (Lipinski definition) is 3. The van der Waals surface area contributed by atoms with E-state index < -0.39 is 17.0 Å². The molecule has 3 rings (SSSR count). The maximum Gasteiger partial charge on any atom is 0.275 e. The van der Waals surface area contributed by atoms with E-state index in [2.05, 4.69) is 25.7 Å². The highest BCUT2D eigenvalue weighted by molar-refractivity contribution is 6.03. The molecule has 152 valence electrons. The van der Waals surface area contributed by atoms with Gasteiger partial charge in [0.2, 0.25) is 17.5 Å². The van der Waals surface area contributed by atoms with E-state index in [0.717, 1.165) is 0 Å². The van der Waals surface area contributed by atoms with Crippen LogP contribution in [0.15, 0.2) is 24.7 Å². The minimum Gasteiger partial charge on any atom is -0.368 e. The highest BCUT2D eigenvalue weighted by Crippen LogP contribution is 2.27. The van der Waals surface area contributed by atoms with Gasteiger partial charge in [-0.15, -0.1) is 0 Å². The molecule has 1 atom stereocenters. The van der Waals surface area contributed by atoms with E-state index in [1.165, 1.54) is 24.1 Å². The maximum atomic E-state index is 12.3. The lowest BCUT2D eigenvalue weighted by molar-refractivity contribution is -0.128. The Morgan fingerprint density at radius 3 is 2.90 bits per heavy atom. The van der Waals surface area contributed by atoms with Crippen LogP contribution in [0, 0.1) is 11.3 Å². The Kier molecular flexibility index (Phi) is 5.21. The fraction of sp³-hybridized carbons (Fsp3) is 0.444. The first-order valence-electron chi connectivity index (χ1n) is 9.00. The quantitative estimate of drug-likeness (QED) is 0.587. The summed E-state index contributed by atoms with van der Waals surface area (Å²) in [6.45, 7) is 5.93. The largest absolute Gasteiger partial charge is 0.368 e. The average molecular weight is 398 g/mol. The summed E-state index contributed by atoms with van der Waals surface area (Å²) in [6, 6.07) is 3.18. The molecule has 1 aliphatic heterocycles. The molecule has 29 heavy (non-hydrogen) atoms. The van der Waals surface area contributed by atoms with Crippen LogP contribution < -0.4 is 15.5 Å². The first-order chi connectivity index (χ1) is 13.6. The molecule has 0 unspecified atom stereocenters. The Morgan fingerprint density at radius 1 is 1.48 bits per heavy atom. The van der Waals surface area contributed by atoms with E-state index in [1.54, 1.807) is 23.1 Å². The fourth-order valence-electron chi connectivity index (χ4n) is 2.86. The molecular weight excluding hydrogens is 376 g/mol. The first-order valence-corrected chi connectivity index (χ1v) is 9.00. The van der Waals surface area contributed by atoms with Crippen LogP contribution in [0.5, 0.6) is 0 Å². The predicted octanol–water partition coefficient (Wildman–Crippen LogP) is 0.279. The number of hydrogen-bond acceptors (Lipinski definition) is 8. The number of amides is 2. The van der Waals surface area contributed by atoms with Crippen LogP contribution in [-0.4, -0.2) is 55.4 Å². The number of nitrogens with zero attached hydrogens (tertiary/aromatic N) is 6. The van der Waals surface area contributed by atoms with Crippen molar-refractivity contribution in [3.63, 3.8) is 0 Å². The molecule has 1 saturated heterocycles. The Hall–Kier alpha value is -3.52. The SMILES string of the molecule is CC(=O)NCC(C)(C)n1cc(Nc2nccc(N3CC[C@](O)(C#N)C3=O)n2)cn1. The molecule has 0 aromatic carbocycles. The second kappa shape index (κ2) is 7.48. The van der Waals surface area contributed by atoms with Crippen LogP contribution in [0.1, 0.15) is 27.2 Å². The summed E-state index contributed by atoms with van der Waals surface area (Å²) >= 11 is 0. The lowest BCUT2D eigenvalue weighted by Crippen LogP contribution is -2.40. The smallest absolute Gasteiger partial charge is 0.275 e. The molecule has 3 heterocycles. The number of carbonyl (C=O) groups excluding carboxylic acids is 2. The molecule has 0 bridgehead atoms. The topological polar surface area (TPSA) is 149 Å². The van der Waals surface area contributed by atoms with E-state index in [-0.39, 0.29) is 30.6 Å². The van der Waals surface area contributed by atoms with Gasteiger partial charge in [-0.05, 0) is 19.9 Å². The van der Waals surface area contributed by atoms with Gasteiger partial charge < -0.3 is 15.7 Å². The normalized spacial score (nSPS) is 19.1. The van der Waals surface area contributed by atoms with Crippen molar-refractivity contribution in [3.05, 3.63) is 24.7 Å². The number of rotatable bonds is 6. The molecule has 11 heteroatoms. The summed E-state index contributed by atoms with van der Waals surface area (Å²) in [4.78, 5) is 33.1. The van der Waals surface area contributed by atoms with Crippen molar-refractivity contribution in [1.29, 1.82) is 5.26 Å².